The number of hydrogen-bond donors (Lipinski definition) is 2. The van der Waals surface area contributed by atoms with Crippen LogP contribution in [0.25, 0.3) is 10.9 Å². The summed E-state index contributed by atoms with van der Waals surface area (Å²) < 4.78 is 0. The van der Waals surface area contributed by atoms with Crippen molar-refractivity contribution in [2.24, 2.45) is 0 Å². The number of amides is 1. The van der Waals surface area contributed by atoms with Crippen LogP contribution >= 0.6 is 0 Å². The fourth-order valence-electron chi connectivity index (χ4n) is 2.24. The Morgan fingerprint density at radius 2 is 2.14 bits per heavy atom. The molecule has 7 nitrogen and oxygen atoms in total. The number of carbonyl (C=O) groups excluding carboxylic acids is 1. The second kappa shape index (κ2) is 5.28. The van der Waals surface area contributed by atoms with E-state index in [0.29, 0.717) is 22.3 Å². The molecule has 0 atom stereocenters. The van der Waals surface area contributed by atoms with Gasteiger partial charge in [0.25, 0.3) is 11.6 Å². The molecule has 3 aromatic rings. The zero-order valence-electron chi connectivity index (χ0n) is 11.7. The summed E-state index contributed by atoms with van der Waals surface area (Å²) in [6.45, 7) is 1.65. The van der Waals surface area contributed by atoms with Gasteiger partial charge in [-0.15, -0.1) is 0 Å². The highest BCUT2D eigenvalue weighted by atomic mass is 16.6. The van der Waals surface area contributed by atoms with Crippen LogP contribution < -0.4 is 5.32 Å². The molecule has 0 fully saturated rings. The molecule has 0 unspecified atom stereocenters. The van der Waals surface area contributed by atoms with Gasteiger partial charge in [-0.1, -0.05) is 18.2 Å². The molecule has 110 valence electrons. The van der Waals surface area contributed by atoms with Gasteiger partial charge in [0.05, 0.1) is 22.2 Å². The summed E-state index contributed by atoms with van der Waals surface area (Å²) in [5.74, 6) is -0.354. The van der Waals surface area contributed by atoms with E-state index in [0.717, 1.165) is 5.39 Å². The summed E-state index contributed by atoms with van der Waals surface area (Å²) in [6, 6.07) is 9.84. The standard InChI is InChI=1S/C15H12N4O3/c1-9-5-6-11(7-13(9)19(21)22)17-15(20)12-4-2-3-10-8-16-18-14(10)12/h2-8H,1H3,(H,16,18)(H,17,20). The minimum Gasteiger partial charge on any atom is -0.322 e. The van der Waals surface area contributed by atoms with Gasteiger partial charge in [0.15, 0.2) is 0 Å². The van der Waals surface area contributed by atoms with Crippen molar-refractivity contribution >= 4 is 28.2 Å². The van der Waals surface area contributed by atoms with Gasteiger partial charge >= 0.3 is 0 Å². The molecule has 0 spiro atoms. The summed E-state index contributed by atoms with van der Waals surface area (Å²) >= 11 is 0. The number of hydrogen-bond acceptors (Lipinski definition) is 4. The molecule has 0 aliphatic rings. The number of aromatic amines is 1. The van der Waals surface area contributed by atoms with Crippen molar-refractivity contribution in [1.82, 2.24) is 10.2 Å². The highest BCUT2D eigenvalue weighted by molar-refractivity contribution is 6.11. The fourth-order valence-corrected chi connectivity index (χ4v) is 2.24. The summed E-state index contributed by atoms with van der Waals surface area (Å²) in [7, 11) is 0. The number of aromatic nitrogens is 2. The van der Waals surface area contributed by atoms with Crippen molar-refractivity contribution in [3.63, 3.8) is 0 Å². The molecule has 1 amide bonds. The van der Waals surface area contributed by atoms with Gasteiger partial charge in [0, 0.05) is 22.7 Å². The number of rotatable bonds is 3. The molecule has 3 rings (SSSR count). The monoisotopic (exact) mass is 296 g/mol. The van der Waals surface area contributed by atoms with Crippen molar-refractivity contribution < 1.29 is 9.72 Å². The van der Waals surface area contributed by atoms with Gasteiger partial charge in [0.2, 0.25) is 0 Å². The first-order valence-corrected chi connectivity index (χ1v) is 6.55. The van der Waals surface area contributed by atoms with Gasteiger partial charge in [-0.3, -0.25) is 20.0 Å². The van der Waals surface area contributed by atoms with Crippen LogP contribution in [-0.4, -0.2) is 21.0 Å². The molecule has 2 aromatic carbocycles. The smallest absolute Gasteiger partial charge is 0.274 e. The molecule has 0 radical (unpaired) electrons. The zero-order valence-corrected chi connectivity index (χ0v) is 11.7. The lowest BCUT2D eigenvalue weighted by Crippen LogP contribution is -2.12. The maximum atomic E-state index is 12.4. The van der Waals surface area contributed by atoms with Gasteiger partial charge in [-0.25, -0.2) is 0 Å². The highest BCUT2D eigenvalue weighted by Gasteiger charge is 2.15. The van der Waals surface area contributed by atoms with E-state index in [1.54, 1.807) is 37.4 Å². The maximum absolute atomic E-state index is 12.4. The van der Waals surface area contributed by atoms with E-state index in [-0.39, 0.29) is 11.6 Å². The van der Waals surface area contributed by atoms with Crippen molar-refractivity contribution in [3.05, 3.63) is 63.8 Å². The second-order valence-electron chi connectivity index (χ2n) is 4.85. The first kappa shape index (κ1) is 13.7. The second-order valence-corrected chi connectivity index (χ2v) is 4.85. The third-order valence-electron chi connectivity index (χ3n) is 3.39. The largest absolute Gasteiger partial charge is 0.322 e. The van der Waals surface area contributed by atoms with Crippen LogP contribution in [0.1, 0.15) is 15.9 Å². The van der Waals surface area contributed by atoms with Crippen LogP contribution in [0.2, 0.25) is 0 Å². The number of para-hydroxylation sites is 1. The maximum Gasteiger partial charge on any atom is 0.274 e. The van der Waals surface area contributed by atoms with Crippen LogP contribution in [0.5, 0.6) is 0 Å². The normalized spacial score (nSPS) is 10.6. The number of H-pyrrole nitrogens is 1. The van der Waals surface area contributed by atoms with Crippen molar-refractivity contribution in [2.45, 2.75) is 6.92 Å². The third kappa shape index (κ3) is 2.39. The number of nitrogens with one attached hydrogen (secondary N) is 2. The minimum atomic E-state index is -0.472. The molecule has 7 heteroatoms. The van der Waals surface area contributed by atoms with E-state index < -0.39 is 4.92 Å². The predicted octanol–water partition coefficient (Wildman–Crippen LogP) is 3.03. The van der Waals surface area contributed by atoms with Gasteiger partial charge < -0.3 is 5.32 Å². The Kier molecular flexibility index (Phi) is 3.30. The van der Waals surface area contributed by atoms with Gasteiger partial charge in [-0.05, 0) is 19.1 Å². The first-order valence-electron chi connectivity index (χ1n) is 6.55. The number of benzene rings is 2. The average molecular weight is 296 g/mol. The van der Waals surface area contributed by atoms with E-state index in [4.69, 9.17) is 0 Å². The summed E-state index contributed by atoms with van der Waals surface area (Å²) in [4.78, 5) is 22.8. The van der Waals surface area contributed by atoms with Crippen molar-refractivity contribution in [3.8, 4) is 0 Å². The molecule has 0 saturated heterocycles. The number of nitro groups is 1. The number of anilines is 1. The lowest BCUT2D eigenvalue weighted by atomic mass is 10.1. The molecule has 0 saturated carbocycles. The predicted molar refractivity (Wildman–Crippen MR) is 81.9 cm³/mol. The average Bonchev–Trinajstić information content (AvgIpc) is 2.97. The Bertz CT molecular complexity index is 885. The number of aryl methyl sites for hydroxylation is 1. The SMILES string of the molecule is Cc1ccc(NC(=O)c2cccc3cn[nH]c23)cc1[N+](=O)[O-]. The van der Waals surface area contributed by atoms with E-state index in [2.05, 4.69) is 15.5 Å². The Hall–Kier alpha value is -3.22. The van der Waals surface area contributed by atoms with Gasteiger partial charge in [-0.2, -0.15) is 5.10 Å². The molecule has 0 bridgehead atoms. The topological polar surface area (TPSA) is 101 Å². The molecular weight excluding hydrogens is 284 g/mol. The Labute approximate surface area is 125 Å². The molecular formula is C15H12N4O3. The van der Waals surface area contributed by atoms with Crippen LogP contribution in [-0.2, 0) is 0 Å². The number of nitro benzene ring substituents is 1. The molecule has 1 aromatic heterocycles. The zero-order chi connectivity index (χ0) is 15.7. The van der Waals surface area contributed by atoms with Crippen LogP contribution in [0.15, 0.2) is 42.6 Å². The number of fused-ring (bicyclic) bond motifs is 1. The fraction of sp³-hybridized carbons (Fsp3) is 0.0667. The van der Waals surface area contributed by atoms with E-state index in [9.17, 15) is 14.9 Å². The van der Waals surface area contributed by atoms with Crippen LogP contribution in [0.3, 0.4) is 0 Å². The van der Waals surface area contributed by atoms with E-state index >= 15 is 0 Å². The lowest BCUT2D eigenvalue weighted by Gasteiger charge is -2.07. The Morgan fingerprint density at radius 1 is 1.32 bits per heavy atom. The van der Waals surface area contributed by atoms with E-state index in [1.807, 2.05) is 6.07 Å². The number of nitrogens with zero attached hydrogens (tertiary/aromatic N) is 2. The third-order valence-corrected chi connectivity index (χ3v) is 3.39. The minimum absolute atomic E-state index is 0.0300. The molecule has 1 heterocycles. The van der Waals surface area contributed by atoms with E-state index in [1.165, 1.54) is 6.07 Å². The summed E-state index contributed by atoms with van der Waals surface area (Å²) in [5, 5.41) is 21.1. The Morgan fingerprint density at radius 3 is 2.91 bits per heavy atom. The van der Waals surface area contributed by atoms with Crippen molar-refractivity contribution in [1.29, 1.82) is 0 Å². The lowest BCUT2D eigenvalue weighted by molar-refractivity contribution is -0.385. The van der Waals surface area contributed by atoms with Gasteiger partial charge in [0.1, 0.15) is 0 Å². The molecule has 0 aliphatic carbocycles. The Balaban J connectivity index is 1.93. The molecule has 2 N–H and O–H groups in total. The summed E-state index contributed by atoms with van der Waals surface area (Å²) in [5.41, 5.74) is 1.94. The van der Waals surface area contributed by atoms with Crippen LogP contribution in [0, 0.1) is 17.0 Å². The summed E-state index contributed by atoms with van der Waals surface area (Å²) in [6.07, 6.45) is 1.63. The quantitative estimate of drug-likeness (QED) is 0.573. The van der Waals surface area contributed by atoms with Crippen LogP contribution in [0.4, 0.5) is 11.4 Å². The molecule has 0 aliphatic heterocycles. The highest BCUT2D eigenvalue weighted by Crippen LogP contribution is 2.23. The molecule has 22 heavy (non-hydrogen) atoms. The first-order chi connectivity index (χ1) is 10.6. The number of carbonyl (C=O) groups is 1. The van der Waals surface area contributed by atoms with Crippen molar-refractivity contribution in [2.75, 3.05) is 5.32 Å².